The number of ether oxygens (including phenoxy) is 4. The van der Waals surface area contributed by atoms with E-state index in [2.05, 4.69) is 85.0 Å². The number of hydrogen-bond donors (Lipinski definition) is 0. The topological polar surface area (TPSA) is 167 Å². The van der Waals surface area contributed by atoms with Gasteiger partial charge in [-0.25, -0.2) is 4.98 Å². The Labute approximate surface area is 405 Å². The summed E-state index contributed by atoms with van der Waals surface area (Å²) < 4.78 is 59.2. The molecule has 1 aromatic carbocycles. The molecule has 0 amide bonds. The molecule has 0 saturated heterocycles. The second-order valence-electron chi connectivity index (χ2n) is 15.9. The summed E-state index contributed by atoms with van der Waals surface area (Å²) in [5.41, 5.74) is 6.08. The molecule has 68 heavy (non-hydrogen) atoms. The third-order valence-corrected chi connectivity index (χ3v) is 10.00. The summed E-state index contributed by atoms with van der Waals surface area (Å²) in [5, 5.41) is 7.02. The number of benzene rings is 1. The molecule has 0 N–H and O–H groups in total. The first-order valence-electron chi connectivity index (χ1n) is 21.2. The van der Waals surface area contributed by atoms with Gasteiger partial charge < -0.3 is 29.1 Å². The molecule has 0 fully saturated rings. The number of carbonyl (C=O) groups is 3. The Kier molecular flexibility index (Phi) is 20.7. The molecule has 0 aliphatic carbocycles. The van der Waals surface area contributed by atoms with Crippen molar-refractivity contribution in [3.63, 3.8) is 0 Å². The Morgan fingerprint density at radius 1 is 0.691 bits per heavy atom. The first kappa shape index (κ1) is 53.5. The second kappa shape index (κ2) is 26.3. The van der Waals surface area contributed by atoms with Gasteiger partial charge in [0.15, 0.2) is 0 Å². The van der Waals surface area contributed by atoms with Crippen LogP contribution in [0.2, 0.25) is 0 Å². The van der Waals surface area contributed by atoms with Gasteiger partial charge in [-0.15, -0.1) is 35.4 Å². The van der Waals surface area contributed by atoms with Gasteiger partial charge in [0.2, 0.25) is 0 Å². The van der Waals surface area contributed by atoms with Crippen molar-refractivity contribution in [3.05, 3.63) is 138 Å². The molecule has 17 heteroatoms. The predicted molar refractivity (Wildman–Crippen MR) is 247 cm³/mol. The van der Waals surface area contributed by atoms with Gasteiger partial charge in [0, 0.05) is 24.2 Å². The first-order valence-corrected chi connectivity index (χ1v) is 21.2. The molecular formula is C51H49F3N6O7Ru. The van der Waals surface area contributed by atoms with Crippen LogP contribution in [0, 0.1) is 12.0 Å². The number of alkyl halides is 3. The van der Waals surface area contributed by atoms with Gasteiger partial charge in [0.25, 0.3) is 19.4 Å². The van der Waals surface area contributed by atoms with Gasteiger partial charge in [-0.3, -0.25) is 29.3 Å². The Morgan fingerprint density at radius 3 is 1.72 bits per heavy atom. The largest absolute Gasteiger partial charge is 2.00 e. The van der Waals surface area contributed by atoms with Crippen molar-refractivity contribution in [2.45, 2.75) is 71.9 Å². The van der Waals surface area contributed by atoms with Crippen LogP contribution < -0.4 is 9.84 Å². The number of unbranched alkanes of at least 4 members (excludes halogenated alkanes) is 1. The van der Waals surface area contributed by atoms with Crippen molar-refractivity contribution in [2.75, 3.05) is 6.61 Å². The minimum atomic E-state index is -4.56. The first-order chi connectivity index (χ1) is 32.2. The van der Waals surface area contributed by atoms with Crippen LogP contribution in [0.25, 0.3) is 63.6 Å². The van der Waals surface area contributed by atoms with E-state index in [0.29, 0.717) is 71.7 Å². The zero-order valence-electron chi connectivity index (χ0n) is 37.9. The molecule has 0 saturated carbocycles. The van der Waals surface area contributed by atoms with Gasteiger partial charge in [0.05, 0.1) is 48.2 Å². The summed E-state index contributed by atoms with van der Waals surface area (Å²) in [4.78, 5) is 49.2. The minimum absolute atomic E-state index is 0. The van der Waals surface area contributed by atoms with Crippen LogP contribution in [-0.2, 0) is 59.7 Å². The van der Waals surface area contributed by atoms with Crippen LogP contribution in [0.5, 0.6) is 5.75 Å². The van der Waals surface area contributed by atoms with Crippen molar-refractivity contribution < 1.29 is 66.0 Å². The van der Waals surface area contributed by atoms with E-state index in [4.69, 9.17) is 4.74 Å². The molecule has 0 aliphatic rings. The number of aromatic nitrogens is 6. The molecule has 1 unspecified atom stereocenters. The van der Waals surface area contributed by atoms with Crippen molar-refractivity contribution in [3.8, 4) is 51.2 Å². The Morgan fingerprint density at radius 2 is 1.24 bits per heavy atom. The number of rotatable bonds is 20. The van der Waals surface area contributed by atoms with E-state index in [1.165, 1.54) is 18.8 Å². The summed E-state index contributed by atoms with van der Waals surface area (Å²) in [6, 6.07) is 24.1. The monoisotopic (exact) mass is 1020 g/mol. The molecule has 5 aromatic heterocycles. The molecule has 0 aliphatic heterocycles. The smallest absolute Gasteiger partial charge is 0.573 e. The van der Waals surface area contributed by atoms with Crippen molar-refractivity contribution in [1.82, 2.24) is 30.1 Å². The van der Waals surface area contributed by atoms with Crippen LogP contribution in [0.1, 0.15) is 88.2 Å². The van der Waals surface area contributed by atoms with Gasteiger partial charge in [-0.2, -0.15) is 13.2 Å². The summed E-state index contributed by atoms with van der Waals surface area (Å²) in [6.45, 7) is 12.2. The molecule has 6 aromatic rings. The van der Waals surface area contributed by atoms with Gasteiger partial charge in [-0.05, 0) is 107 Å². The number of carbonyl (C=O) groups excluding carboxylic acids is 3. The average molecular weight is 1020 g/mol. The van der Waals surface area contributed by atoms with Crippen LogP contribution in [0.4, 0.5) is 13.2 Å². The Hall–Kier alpha value is -7.13. The quantitative estimate of drug-likeness (QED) is 0.0233. The maximum atomic E-state index is 13.1. The zero-order valence-corrected chi connectivity index (χ0v) is 39.7. The molecule has 5 heterocycles. The molecule has 0 radical (unpaired) electrons. The fourth-order valence-electron chi connectivity index (χ4n) is 6.32. The van der Waals surface area contributed by atoms with E-state index in [1.807, 2.05) is 18.2 Å². The van der Waals surface area contributed by atoms with E-state index >= 15 is 0 Å². The molecule has 354 valence electrons. The summed E-state index contributed by atoms with van der Waals surface area (Å²) >= 11 is 0. The maximum absolute atomic E-state index is 13.1. The van der Waals surface area contributed by atoms with Crippen LogP contribution in [-0.4, -0.2) is 51.1 Å². The number of halogens is 3. The van der Waals surface area contributed by atoms with E-state index in [1.54, 1.807) is 79.2 Å². The summed E-state index contributed by atoms with van der Waals surface area (Å²) in [5.74, 6) is 0.952. The Bertz CT molecular complexity index is 2580. The molecule has 1 atom stereocenters. The van der Waals surface area contributed by atoms with Crippen molar-refractivity contribution >= 4 is 37.6 Å². The van der Waals surface area contributed by atoms with Crippen LogP contribution >= 0.6 is 0 Å². The summed E-state index contributed by atoms with van der Waals surface area (Å²) in [6.07, 6.45) is 11.6. The van der Waals surface area contributed by atoms with E-state index < -0.39 is 11.9 Å². The molecule has 13 nitrogen and oxygen atoms in total. The third kappa shape index (κ3) is 16.3. The minimum Gasteiger partial charge on any atom is -0.573 e. The zero-order chi connectivity index (χ0) is 48.2. The fraction of sp³-hybridized carbons (Fsp3) is 0.255. The van der Waals surface area contributed by atoms with Crippen LogP contribution in [0.15, 0.2) is 104 Å². The second-order valence-corrected chi connectivity index (χ2v) is 15.9. The molecule has 0 spiro atoms. The molecule has 6 rings (SSSR count). The fourth-order valence-corrected chi connectivity index (χ4v) is 6.32. The maximum Gasteiger partial charge on any atom is 2.00 e. The summed E-state index contributed by atoms with van der Waals surface area (Å²) in [7, 11) is 0. The SMILES string of the molecule is CCCCC(CC)COc1cc(-c2[c-]cc(C(C)(C)C)cc2)nc(-c2cc(C(F)(F)F)n[n-]2)c1.O=CO/C=C/c1ccnc(-c2cc(/C=C/OC=O)cc(-c3cc(/C=C/OC=O)ccn3)n2)c1.[Ru+2]. The van der Waals surface area contributed by atoms with E-state index in [-0.39, 0.29) is 36.3 Å². The van der Waals surface area contributed by atoms with Gasteiger partial charge in [0.1, 0.15) is 11.4 Å². The number of pyridine rings is 4. The van der Waals surface area contributed by atoms with E-state index in [0.717, 1.165) is 54.0 Å². The predicted octanol–water partition coefficient (Wildman–Crippen LogP) is 11.1. The Balaban J connectivity index is 0.000000292. The number of nitrogens with zero attached hydrogens (tertiary/aromatic N) is 6. The standard InChI is InChI=1S/C27H32F3N3O.C24H17N3O6.Ru/c1-6-8-9-18(7-2)17-34-21-14-22(19-10-12-20(13-11-19)26(3,4)5)31-23(15-21)24-16-25(33-32-24)27(28,29)30;28-15-31-8-3-18-1-6-25-21(11-18)23-13-20(5-10-33-17-30)14-24(27-23)22-12-19(2-7-26-22)4-9-32-16-29;/h10,12-16,18H,6-9,17H2,1-5H3;1-17H;/q-2;;+2/b;8-3+,9-4+,10-5+;. The molecule has 0 bridgehead atoms. The van der Waals surface area contributed by atoms with Gasteiger partial charge >= 0.3 is 25.7 Å². The van der Waals surface area contributed by atoms with E-state index in [9.17, 15) is 27.6 Å². The third-order valence-electron chi connectivity index (χ3n) is 10.00. The average Bonchev–Trinajstić information content (AvgIpc) is 3.84. The number of hydrogen-bond acceptors (Lipinski definition) is 12. The van der Waals surface area contributed by atoms with Gasteiger partial charge in [-0.1, -0.05) is 59.6 Å². The van der Waals surface area contributed by atoms with Crippen molar-refractivity contribution in [1.29, 1.82) is 0 Å². The van der Waals surface area contributed by atoms with Crippen molar-refractivity contribution in [2.24, 2.45) is 5.92 Å². The molecular weight excluding hydrogens is 967 g/mol. The van der Waals surface area contributed by atoms with Crippen LogP contribution in [0.3, 0.4) is 0 Å². The normalized spacial score (nSPS) is 11.9.